The van der Waals surface area contributed by atoms with Crippen molar-refractivity contribution in [3.63, 3.8) is 0 Å². The van der Waals surface area contributed by atoms with E-state index in [1.807, 2.05) is 0 Å². The van der Waals surface area contributed by atoms with Crippen LogP contribution in [0.5, 0.6) is 0 Å². The fourth-order valence-corrected chi connectivity index (χ4v) is 2.55. The maximum atomic E-state index is 13.6. The van der Waals surface area contributed by atoms with Crippen LogP contribution >= 0.6 is 0 Å². The van der Waals surface area contributed by atoms with E-state index in [2.05, 4.69) is 15.3 Å². The highest BCUT2D eigenvalue weighted by Gasteiger charge is 2.14. The van der Waals surface area contributed by atoms with Gasteiger partial charge in [0.2, 0.25) is 5.91 Å². The maximum absolute atomic E-state index is 13.6. The van der Waals surface area contributed by atoms with Crippen molar-refractivity contribution < 1.29 is 18.7 Å². The molecule has 130 valence electrons. The molecule has 1 atom stereocenters. The molecule has 0 aliphatic heterocycles. The Morgan fingerprint density at radius 3 is 2.68 bits per heavy atom. The maximum Gasteiger partial charge on any atom is 0.220 e. The lowest BCUT2D eigenvalue weighted by atomic mass is 10.1. The average Bonchev–Trinajstić information content (AvgIpc) is 3.03. The Kier molecular flexibility index (Phi) is 5.04. The summed E-state index contributed by atoms with van der Waals surface area (Å²) < 4.78 is 27.1. The Labute approximate surface area is 142 Å². The monoisotopic (exact) mass is 345 g/mol. The van der Waals surface area contributed by atoms with Crippen molar-refractivity contribution in [1.82, 2.24) is 15.3 Å². The predicted molar refractivity (Wildman–Crippen MR) is 88.7 cm³/mol. The molecule has 0 bridgehead atoms. The van der Waals surface area contributed by atoms with Gasteiger partial charge in [0.1, 0.15) is 17.2 Å². The summed E-state index contributed by atoms with van der Waals surface area (Å²) in [5.41, 5.74) is 0.953. The molecule has 3 rings (SSSR count). The number of aromatic nitrogens is 2. The minimum Gasteiger partial charge on any atom is -0.386 e. The van der Waals surface area contributed by atoms with E-state index < -0.39 is 17.7 Å². The lowest BCUT2D eigenvalue weighted by molar-refractivity contribution is -0.121. The summed E-state index contributed by atoms with van der Waals surface area (Å²) in [4.78, 5) is 19.0. The molecular formula is C18H17F2N3O2. The van der Waals surface area contributed by atoms with E-state index in [0.29, 0.717) is 17.8 Å². The van der Waals surface area contributed by atoms with Gasteiger partial charge in [0.25, 0.3) is 0 Å². The first-order valence-corrected chi connectivity index (χ1v) is 7.87. The van der Waals surface area contributed by atoms with Crippen LogP contribution in [0.15, 0.2) is 42.5 Å². The number of aryl methyl sites for hydroxylation is 1. The van der Waals surface area contributed by atoms with E-state index in [0.717, 1.165) is 0 Å². The number of aromatic amines is 1. The van der Waals surface area contributed by atoms with Gasteiger partial charge in [0, 0.05) is 24.9 Å². The van der Waals surface area contributed by atoms with Gasteiger partial charge in [0.15, 0.2) is 5.82 Å². The minimum absolute atomic E-state index is 0.0888. The number of carbonyl (C=O) groups is 1. The molecule has 0 saturated heterocycles. The molecular weight excluding hydrogens is 328 g/mol. The molecule has 3 aromatic rings. The molecule has 7 heteroatoms. The van der Waals surface area contributed by atoms with E-state index in [4.69, 9.17) is 0 Å². The Balaban J connectivity index is 1.52. The molecule has 0 saturated carbocycles. The third kappa shape index (κ3) is 4.00. The van der Waals surface area contributed by atoms with Crippen LogP contribution in [0.4, 0.5) is 8.78 Å². The molecule has 1 unspecified atom stereocenters. The van der Waals surface area contributed by atoms with Crippen molar-refractivity contribution in [2.24, 2.45) is 0 Å². The highest BCUT2D eigenvalue weighted by atomic mass is 19.1. The Bertz CT molecular complexity index is 895. The van der Waals surface area contributed by atoms with Gasteiger partial charge in [-0.1, -0.05) is 24.3 Å². The van der Waals surface area contributed by atoms with Crippen molar-refractivity contribution in [1.29, 1.82) is 0 Å². The molecule has 2 aromatic carbocycles. The number of fused-ring (bicyclic) bond motifs is 1. The van der Waals surface area contributed by atoms with Crippen LogP contribution in [0.25, 0.3) is 11.0 Å². The number of rotatable bonds is 6. The van der Waals surface area contributed by atoms with Gasteiger partial charge in [-0.05, 0) is 18.2 Å². The lowest BCUT2D eigenvalue weighted by Gasteiger charge is -2.12. The number of H-pyrrole nitrogens is 1. The molecule has 3 N–H and O–H groups in total. The van der Waals surface area contributed by atoms with Crippen molar-refractivity contribution in [2.45, 2.75) is 18.9 Å². The SMILES string of the molecule is O=C(CCc1nc2c(F)cccc2[nH]1)NCC(O)c1ccccc1F. The average molecular weight is 345 g/mol. The largest absolute Gasteiger partial charge is 0.386 e. The van der Waals surface area contributed by atoms with Crippen LogP contribution in [-0.4, -0.2) is 27.5 Å². The molecule has 5 nitrogen and oxygen atoms in total. The summed E-state index contributed by atoms with van der Waals surface area (Å²) in [5, 5.41) is 12.5. The zero-order valence-corrected chi connectivity index (χ0v) is 13.3. The first-order chi connectivity index (χ1) is 12.0. The topological polar surface area (TPSA) is 78.0 Å². The summed E-state index contributed by atoms with van der Waals surface area (Å²) in [6, 6.07) is 10.5. The first-order valence-electron chi connectivity index (χ1n) is 7.87. The summed E-state index contributed by atoms with van der Waals surface area (Å²) in [7, 11) is 0. The molecule has 0 spiro atoms. The van der Waals surface area contributed by atoms with E-state index in [9.17, 15) is 18.7 Å². The number of nitrogens with zero attached hydrogens (tertiary/aromatic N) is 1. The van der Waals surface area contributed by atoms with Gasteiger partial charge < -0.3 is 15.4 Å². The van der Waals surface area contributed by atoms with Gasteiger partial charge in [-0.25, -0.2) is 13.8 Å². The van der Waals surface area contributed by atoms with Crippen molar-refractivity contribution >= 4 is 16.9 Å². The minimum atomic E-state index is -1.12. The van der Waals surface area contributed by atoms with E-state index in [1.165, 1.54) is 24.3 Å². The van der Waals surface area contributed by atoms with Crippen LogP contribution in [0.1, 0.15) is 23.9 Å². The number of benzene rings is 2. The molecule has 0 radical (unpaired) electrons. The molecule has 0 aliphatic rings. The fourth-order valence-electron chi connectivity index (χ4n) is 2.55. The second kappa shape index (κ2) is 7.40. The molecule has 0 aliphatic carbocycles. The summed E-state index contributed by atoms with van der Waals surface area (Å²) in [5.74, 6) is -0.743. The van der Waals surface area contributed by atoms with Crippen molar-refractivity contribution in [3.05, 3.63) is 65.5 Å². The molecule has 1 aromatic heterocycles. The van der Waals surface area contributed by atoms with Crippen LogP contribution in [0, 0.1) is 11.6 Å². The first kappa shape index (κ1) is 17.0. The smallest absolute Gasteiger partial charge is 0.220 e. The third-order valence-corrected chi connectivity index (χ3v) is 3.86. The Morgan fingerprint density at radius 2 is 1.92 bits per heavy atom. The van der Waals surface area contributed by atoms with Gasteiger partial charge in [-0.15, -0.1) is 0 Å². The second-order valence-corrected chi connectivity index (χ2v) is 5.66. The Morgan fingerprint density at radius 1 is 1.16 bits per heavy atom. The number of nitrogens with one attached hydrogen (secondary N) is 2. The van der Waals surface area contributed by atoms with Gasteiger partial charge in [0.05, 0.1) is 11.6 Å². The highest BCUT2D eigenvalue weighted by Crippen LogP contribution is 2.17. The number of amides is 1. The quantitative estimate of drug-likeness (QED) is 0.643. The fraction of sp³-hybridized carbons (Fsp3) is 0.222. The van der Waals surface area contributed by atoms with E-state index >= 15 is 0 Å². The number of halogens is 2. The predicted octanol–water partition coefficient (Wildman–Crippen LogP) is 2.62. The van der Waals surface area contributed by atoms with E-state index in [1.54, 1.807) is 18.2 Å². The van der Waals surface area contributed by atoms with Crippen molar-refractivity contribution in [3.8, 4) is 0 Å². The van der Waals surface area contributed by atoms with Crippen LogP contribution in [-0.2, 0) is 11.2 Å². The number of hydrogen-bond donors (Lipinski definition) is 3. The van der Waals surface area contributed by atoms with E-state index in [-0.39, 0.29) is 30.0 Å². The number of para-hydroxylation sites is 1. The number of hydrogen-bond acceptors (Lipinski definition) is 3. The molecule has 0 fully saturated rings. The third-order valence-electron chi connectivity index (χ3n) is 3.86. The van der Waals surface area contributed by atoms with Crippen LogP contribution in [0.2, 0.25) is 0 Å². The number of aliphatic hydroxyl groups is 1. The number of imidazole rings is 1. The summed E-state index contributed by atoms with van der Waals surface area (Å²) >= 11 is 0. The van der Waals surface area contributed by atoms with Gasteiger partial charge >= 0.3 is 0 Å². The molecule has 1 amide bonds. The molecule has 25 heavy (non-hydrogen) atoms. The van der Waals surface area contributed by atoms with Gasteiger partial charge in [-0.2, -0.15) is 0 Å². The van der Waals surface area contributed by atoms with Crippen LogP contribution < -0.4 is 5.32 Å². The normalized spacial score (nSPS) is 12.3. The lowest BCUT2D eigenvalue weighted by Crippen LogP contribution is -2.28. The van der Waals surface area contributed by atoms with Crippen LogP contribution in [0.3, 0.4) is 0 Å². The van der Waals surface area contributed by atoms with Crippen molar-refractivity contribution in [2.75, 3.05) is 6.54 Å². The Hall–Kier alpha value is -2.80. The number of carbonyl (C=O) groups excluding carboxylic acids is 1. The number of aliphatic hydroxyl groups excluding tert-OH is 1. The van der Waals surface area contributed by atoms with Gasteiger partial charge in [-0.3, -0.25) is 4.79 Å². The standard InChI is InChI=1S/C18H17F2N3O2/c19-12-5-2-1-4-11(12)15(24)10-21-17(25)9-8-16-22-14-7-3-6-13(20)18(14)23-16/h1-7,15,24H,8-10H2,(H,21,25)(H,22,23). The highest BCUT2D eigenvalue weighted by molar-refractivity contribution is 5.77. The summed E-state index contributed by atoms with van der Waals surface area (Å²) in [6.07, 6.45) is -0.702. The zero-order chi connectivity index (χ0) is 17.8. The molecule has 1 heterocycles. The zero-order valence-electron chi connectivity index (χ0n) is 13.3. The second-order valence-electron chi connectivity index (χ2n) is 5.66. The summed E-state index contributed by atoms with van der Waals surface area (Å²) in [6.45, 7) is -0.0888.